The second-order valence-electron chi connectivity index (χ2n) is 6.43. The third kappa shape index (κ3) is 4.64. The Morgan fingerprint density at radius 2 is 1.79 bits per heavy atom. The van der Waals surface area contributed by atoms with Crippen LogP contribution in [0.4, 0.5) is 0 Å². The van der Waals surface area contributed by atoms with Gasteiger partial charge in [0.25, 0.3) is 0 Å². The summed E-state index contributed by atoms with van der Waals surface area (Å²) in [5.74, 6) is -0.374. The number of esters is 2. The Balaban J connectivity index is 1.60. The van der Waals surface area contributed by atoms with Gasteiger partial charge in [-0.1, -0.05) is 18.7 Å². The van der Waals surface area contributed by atoms with Crippen molar-refractivity contribution >= 4 is 43.4 Å². The first-order valence-electron chi connectivity index (χ1n) is 8.94. The predicted octanol–water partition coefficient (Wildman–Crippen LogP) is 4.61. The van der Waals surface area contributed by atoms with Gasteiger partial charge in [-0.25, -0.2) is 4.79 Å². The maximum absolute atomic E-state index is 12.6. The van der Waals surface area contributed by atoms with Crippen molar-refractivity contribution in [3.63, 3.8) is 0 Å². The van der Waals surface area contributed by atoms with Gasteiger partial charge < -0.3 is 9.47 Å². The van der Waals surface area contributed by atoms with Gasteiger partial charge in [-0.15, -0.1) is 11.3 Å². The highest BCUT2D eigenvalue weighted by molar-refractivity contribution is 7.24. The van der Waals surface area contributed by atoms with Crippen LogP contribution in [0, 0.1) is 0 Å². The first-order valence-corrected chi connectivity index (χ1v) is 9.76. The number of unbranched alkanes of at least 4 members (excludes halogenated alkanes) is 1. The molecule has 0 saturated heterocycles. The number of carbonyl (C=O) groups excluding carboxylic acids is 2. The van der Waals surface area contributed by atoms with Crippen molar-refractivity contribution in [1.29, 1.82) is 0 Å². The van der Waals surface area contributed by atoms with Crippen LogP contribution in [0.3, 0.4) is 0 Å². The Labute approximate surface area is 166 Å². The molecular formula is C22H20O5S. The maximum Gasteiger partial charge on any atom is 0.333 e. The van der Waals surface area contributed by atoms with Gasteiger partial charge in [-0.3, -0.25) is 9.59 Å². The molecule has 144 valence electrons. The number of carbonyl (C=O) groups is 2. The molecule has 3 rings (SSSR count). The van der Waals surface area contributed by atoms with Crippen LogP contribution in [-0.4, -0.2) is 18.5 Å². The van der Waals surface area contributed by atoms with E-state index in [1.54, 1.807) is 25.1 Å². The van der Waals surface area contributed by atoms with Crippen molar-refractivity contribution in [1.82, 2.24) is 0 Å². The molecule has 28 heavy (non-hydrogen) atoms. The SMILES string of the molecule is C=C(C)C(=O)OCCCCC(=O)Oc1ccc2c(=O)c3ccccc3sc2c1. The van der Waals surface area contributed by atoms with E-state index in [4.69, 9.17) is 9.47 Å². The number of ether oxygens (including phenoxy) is 2. The minimum Gasteiger partial charge on any atom is -0.462 e. The molecule has 0 atom stereocenters. The lowest BCUT2D eigenvalue weighted by Crippen LogP contribution is -2.10. The number of benzene rings is 2. The molecule has 0 saturated carbocycles. The number of rotatable bonds is 7. The Hall–Kier alpha value is -2.99. The van der Waals surface area contributed by atoms with Crippen LogP contribution >= 0.6 is 11.3 Å². The molecule has 0 bridgehead atoms. The molecule has 0 aliphatic heterocycles. The maximum atomic E-state index is 12.6. The summed E-state index contributed by atoms with van der Waals surface area (Å²) in [6.07, 6.45) is 1.34. The minimum absolute atomic E-state index is 0.0217. The Morgan fingerprint density at radius 3 is 2.57 bits per heavy atom. The average Bonchev–Trinajstić information content (AvgIpc) is 2.67. The molecule has 0 fully saturated rings. The lowest BCUT2D eigenvalue weighted by molar-refractivity contribution is -0.139. The van der Waals surface area contributed by atoms with Gasteiger partial charge in [-0.05, 0) is 50.1 Å². The zero-order chi connectivity index (χ0) is 20.1. The molecule has 0 N–H and O–H groups in total. The summed E-state index contributed by atoms with van der Waals surface area (Å²) < 4.78 is 12.0. The highest BCUT2D eigenvalue weighted by Crippen LogP contribution is 2.27. The van der Waals surface area contributed by atoms with Crippen LogP contribution in [0.15, 0.2) is 59.4 Å². The Morgan fingerprint density at radius 1 is 1.04 bits per heavy atom. The van der Waals surface area contributed by atoms with Gasteiger partial charge >= 0.3 is 11.9 Å². The number of fused-ring (bicyclic) bond motifs is 2. The van der Waals surface area contributed by atoms with E-state index in [0.29, 0.717) is 34.9 Å². The van der Waals surface area contributed by atoms with Gasteiger partial charge in [0.15, 0.2) is 5.43 Å². The van der Waals surface area contributed by atoms with E-state index in [9.17, 15) is 14.4 Å². The summed E-state index contributed by atoms with van der Waals surface area (Å²) >= 11 is 1.49. The Kier molecular flexibility index (Phi) is 6.21. The summed E-state index contributed by atoms with van der Waals surface area (Å²) in [7, 11) is 0. The molecule has 0 aliphatic carbocycles. The van der Waals surface area contributed by atoms with Crippen molar-refractivity contribution in [3.05, 3.63) is 64.8 Å². The van der Waals surface area contributed by atoms with Crippen molar-refractivity contribution in [2.45, 2.75) is 26.2 Å². The minimum atomic E-state index is -0.426. The van der Waals surface area contributed by atoms with E-state index < -0.39 is 5.97 Å². The number of hydrogen-bond donors (Lipinski definition) is 0. The summed E-state index contributed by atoms with van der Waals surface area (Å²) in [6.45, 7) is 5.34. The molecule has 0 radical (unpaired) electrons. The molecule has 5 nitrogen and oxygen atoms in total. The van der Waals surface area contributed by atoms with Crippen LogP contribution in [-0.2, 0) is 14.3 Å². The lowest BCUT2D eigenvalue weighted by atomic mass is 10.2. The van der Waals surface area contributed by atoms with E-state index in [2.05, 4.69) is 6.58 Å². The topological polar surface area (TPSA) is 69.7 Å². The van der Waals surface area contributed by atoms with Gasteiger partial charge in [0.2, 0.25) is 0 Å². The van der Waals surface area contributed by atoms with Crippen molar-refractivity contribution in [2.24, 2.45) is 0 Å². The first-order chi connectivity index (χ1) is 13.5. The monoisotopic (exact) mass is 396 g/mol. The summed E-state index contributed by atoms with van der Waals surface area (Å²) in [4.78, 5) is 35.9. The molecule has 0 unspecified atom stereocenters. The van der Waals surface area contributed by atoms with Crippen molar-refractivity contribution in [3.8, 4) is 5.75 Å². The molecule has 1 aromatic heterocycles. The molecule has 0 amide bonds. The van der Waals surface area contributed by atoms with Gasteiger partial charge in [0.05, 0.1) is 6.61 Å². The van der Waals surface area contributed by atoms with E-state index in [1.807, 2.05) is 24.3 Å². The van der Waals surface area contributed by atoms with Crippen LogP contribution in [0.2, 0.25) is 0 Å². The molecule has 0 spiro atoms. The smallest absolute Gasteiger partial charge is 0.333 e. The highest BCUT2D eigenvalue weighted by Gasteiger charge is 2.10. The molecule has 2 aromatic carbocycles. The summed E-state index contributed by atoms with van der Waals surface area (Å²) in [6, 6.07) is 12.5. The normalized spacial score (nSPS) is 10.8. The standard InChI is InChI=1S/C22H20O5S/c1-14(2)22(25)26-12-6-5-9-20(23)27-15-10-11-17-19(13-15)28-18-8-4-3-7-16(18)21(17)24/h3-4,7-8,10-11,13H,1,5-6,9,12H2,2H3. The van der Waals surface area contributed by atoms with Gasteiger partial charge in [0, 0.05) is 32.2 Å². The second kappa shape index (κ2) is 8.80. The largest absolute Gasteiger partial charge is 0.462 e. The third-order valence-electron chi connectivity index (χ3n) is 4.14. The summed E-state index contributed by atoms with van der Waals surface area (Å²) in [5, 5.41) is 1.31. The van der Waals surface area contributed by atoms with Gasteiger partial charge in [0.1, 0.15) is 5.75 Å². The van der Waals surface area contributed by atoms with Crippen LogP contribution in [0.25, 0.3) is 20.2 Å². The zero-order valence-corrected chi connectivity index (χ0v) is 16.3. The molecular weight excluding hydrogens is 376 g/mol. The second-order valence-corrected chi connectivity index (χ2v) is 7.52. The van der Waals surface area contributed by atoms with Crippen LogP contribution < -0.4 is 10.2 Å². The molecule has 0 aliphatic rings. The quantitative estimate of drug-likeness (QED) is 0.192. The fourth-order valence-electron chi connectivity index (χ4n) is 2.69. The van der Waals surface area contributed by atoms with E-state index in [-0.39, 0.29) is 24.4 Å². The number of hydrogen-bond acceptors (Lipinski definition) is 6. The summed E-state index contributed by atoms with van der Waals surface area (Å²) in [5.41, 5.74) is 0.331. The fourth-order valence-corrected chi connectivity index (χ4v) is 3.79. The molecule has 1 heterocycles. The highest BCUT2D eigenvalue weighted by atomic mass is 32.1. The van der Waals surface area contributed by atoms with E-state index in [1.165, 1.54) is 11.3 Å². The van der Waals surface area contributed by atoms with E-state index in [0.717, 1.165) is 9.40 Å². The zero-order valence-electron chi connectivity index (χ0n) is 15.5. The lowest BCUT2D eigenvalue weighted by Gasteiger charge is -2.07. The van der Waals surface area contributed by atoms with Crippen LogP contribution in [0.1, 0.15) is 26.2 Å². The van der Waals surface area contributed by atoms with Crippen LogP contribution in [0.5, 0.6) is 5.75 Å². The predicted molar refractivity (Wildman–Crippen MR) is 111 cm³/mol. The Bertz CT molecular complexity index is 1110. The van der Waals surface area contributed by atoms with E-state index >= 15 is 0 Å². The molecule has 3 aromatic rings. The fraction of sp³-hybridized carbons (Fsp3) is 0.227. The van der Waals surface area contributed by atoms with Crippen molar-refractivity contribution < 1.29 is 19.1 Å². The third-order valence-corrected chi connectivity index (χ3v) is 5.27. The first kappa shape index (κ1) is 19.8. The van der Waals surface area contributed by atoms with Crippen molar-refractivity contribution in [2.75, 3.05) is 6.61 Å². The average molecular weight is 396 g/mol. The van der Waals surface area contributed by atoms with Gasteiger partial charge in [-0.2, -0.15) is 0 Å². The molecule has 6 heteroatoms.